The molecule has 14 heavy (non-hydrogen) atoms. The lowest BCUT2D eigenvalue weighted by Crippen LogP contribution is -2.08. The van der Waals surface area contributed by atoms with Gasteiger partial charge in [-0.05, 0) is 11.6 Å². The van der Waals surface area contributed by atoms with Crippen molar-refractivity contribution >= 4 is 11.6 Å². The van der Waals surface area contributed by atoms with Gasteiger partial charge in [-0.2, -0.15) is 18.3 Å². The Hall–Kier alpha value is -0.970. The van der Waals surface area contributed by atoms with E-state index in [-0.39, 0.29) is 12.4 Å². The molecular formula is C8H8ClF3N2. The summed E-state index contributed by atoms with van der Waals surface area (Å²) in [5.74, 6) is 0.210. The molecule has 78 valence electrons. The van der Waals surface area contributed by atoms with Gasteiger partial charge in [-0.25, -0.2) is 0 Å². The molecule has 0 saturated heterocycles. The zero-order valence-corrected chi connectivity index (χ0v) is 7.94. The maximum absolute atomic E-state index is 12.1. The summed E-state index contributed by atoms with van der Waals surface area (Å²) in [6, 6.07) is 0.918. The van der Waals surface area contributed by atoms with Gasteiger partial charge in [0.05, 0.1) is 6.54 Å². The van der Waals surface area contributed by atoms with E-state index in [1.807, 2.05) is 0 Å². The molecule has 0 atom stereocenters. The molecule has 2 nitrogen and oxygen atoms in total. The van der Waals surface area contributed by atoms with Crippen molar-refractivity contribution in [1.82, 2.24) is 9.78 Å². The number of hydrogen-bond donors (Lipinski definition) is 0. The Morgan fingerprint density at radius 3 is 2.64 bits per heavy atom. The van der Waals surface area contributed by atoms with E-state index in [2.05, 4.69) is 11.7 Å². The van der Waals surface area contributed by atoms with Crippen LogP contribution in [0.25, 0.3) is 0 Å². The minimum atomic E-state index is -4.40. The third-order valence-corrected chi connectivity index (χ3v) is 1.88. The van der Waals surface area contributed by atoms with Gasteiger partial charge in [-0.15, -0.1) is 11.6 Å². The molecule has 0 aromatic carbocycles. The second-order valence-corrected chi connectivity index (χ2v) is 3.05. The number of nitrogens with zero attached hydrogens (tertiary/aromatic N) is 2. The molecule has 1 rings (SSSR count). The Kier molecular flexibility index (Phi) is 3.21. The van der Waals surface area contributed by atoms with Crippen LogP contribution >= 0.6 is 11.6 Å². The standard InChI is InChI=1S/C8H8ClF3N2/c1-6(4-9)5-14-3-2-7(13-14)8(10,11)12/h2-3H,1,4-5H2. The topological polar surface area (TPSA) is 17.8 Å². The summed E-state index contributed by atoms with van der Waals surface area (Å²) < 4.78 is 37.4. The minimum Gasteiger partial charge on any atom is -0.268 e. The second kappa shape index (κ2) is 4.04. The first-order chi connectivity index (χ1) is 6.43. The monoisotopic (exact) mass is 224 g/mol. The average molecular weight is 225 g/mol. The van der Waals surface area contributed by atoms with Gasteiger partial charge in [-0.1, -0.05) is 6.58 Å². The maximum Gasteiger partial charge on any atom is 0.435 e. The number of alkyl halides is 4. The first-order valence-corrected chi connectivity index (χ1v) is 4.30. The van der Waals surface area contributed by atoms with Crippen molar-refractivity contribution in [1.29, 1.82) is 0 Å². The van der Waals surface area contributed by atoms with E-state index < -0.39 is 11.9 Å². The zero-order valence-electron chi connectivity index (χ0n) is 7.18. The van der Waals surface area contributed by atoms with E-state index in [0.29, 0.717) is 5.57 Å². The van der Waals surface area contributed by atoms with Crippen LogP contribution in [-0.4, -0.2) is 15.7 Å². The summed E-state index contributed by atoms with van der Waals surface area (Å²) >= 11 is 5.44. The molecule has 0 radical (unpaired) electrons. The van der Waals surface area contributed by atoms with Crippen molar-refractivity contribution in [3.63, 3.8) is 0 Å². The molecule has 0 unspecified atom stereocenters. The lowest BCUT2D eigenvalue weighted by Gasteiger charge is -2.03. The normalized spacial score (nSPS) is 11.7. The van der Waals surface area contributed by atoms with Gasteiger partial charge in [0.2, 0.25) is 0 Å². The molecule has 0 aliphatic carbocycles. The van der Waals surface area contributed by atoms with Crippen LogP contribution < -0.4 is 0 Å². The van der Waals surface area contributed by atoms with Crippen LogP contribution in [0, 0.1) is 0 Å². The lowest BCUT2D eigenvalue weighted by molar-refractivity contribution is -0.141. The summed E-state index contributed by atoms with van der Waals surface area (Å²) in [7, 11) is 0. The first kappa shape index (κ1) is 11.1. The van der Waals surface area contributed by atoms with Crippen LogP contribution in [0.3, 0.4) is 0 Å². The van der Waals surface area contributed by atoms with Gasteiger partial charge in [0.15, 0.2) is 5.69 Å². The molecule has 0 spiro atoms. The van der Waals surface area contributed by atoms with Gasteiger partial charge in [0, 0.05) is 12.1 Å². The van der Waals surface area contributed by atoms with Crippen LogP contribution in [0.4, 0.5) is 13.2 Å². The highest BCUT2D eigenvalue weighted by molar-refractivity contribution is 6.19. The molecule has 0 fully saturated rings. The third kappa shape index (κ3) is 2.77. The molecule has 1 aromatic heterocycles. The molecule has 0 saturated carbocycles. The van der Waals surface area contributed by atoms with Crippen molar-refractivity contribution in [3.05, 3.63) is 30.1 Å². The predicted molar refractivity (Wildman–Crippen MR) is 47.1 cm³/mol. The van der Waals surface area contributed by atoms with Crippen molar-refractivity contribution in [2.75, 3.05) is 5.88 Å². The van der Waals surface area contributed by atoms with Crippen LogP contribution in [0.1, 0.15) is 5.69 Å². The molecule has 6 heteroatoms. The maximum atomic E-state index is 12.1. The Labute approximate surface area is 84.0 Å². The van der Waals surface area contributed by atoms with E-state index in [4.69, 9.17) is 11.6 Å². The Morgan fingerprint density at radius 2 is 2.21 bits per heavy atom. The van der Waals surface area contributed by atoms with Crippen LogP contribution in [0.2, 0.25) is 0 Å². The molecule has 1 aromatic rings. The minimum absolute atomic E-state index is 0.208. The van der Waals surface area contributed by atoms with Crippen LogP contribution in [-0.2, 0) is 12.7 Å². The summed E-state index contributed by atoms with van der Waals surface area (Å²) in [6.45, 7) is 3.77. The summed E-state index contributed by atoms with van der Waals surface area (Å²) in [5.41, 5.74) is -0.289. The third-order valence-electron chi connectivity index (χ3n) is 1.51. The van der Waals surface area contributed by atoms with Gasteiger partial charge >= 0.3 is 6.18 Å². The molecule has 0 amide bonds. The highest BCUT2D eigenvalue weighted by Gasteiger charge is 2.33. The predicted octanol–water partition coefficient (Wildman–Crippen LogP) is 2.70. The van der Waals surface area contributed by atoms with Crippen LogP contribution in [0.15, 0.2) is 24.4 Å². The van der Waals surface area contributed by atoms with Gasteiger partial charge in [-0.3, -0.25) is 4.68 Å². The highest BCUT2D eigenvalue weighted by atomic mass is 35.5. The van der Waals surface area contributed by atoms with Gasteiger partial charge in [0.1, 0.15) is 0 Å². The van der Waals surface area contributed by atoms with Gasteiger partial charge < -0.3 is 0 Å². The fourth-order valence-corrected chi connectivity index (χ4v) is 0.957. The first-order valence-electron chi connectivity index (χ1n) is 3.76. The number of rotatable bonds is 3. The number of halogens is 4. The van der Waals surface area contributed by atoms with E-state index in [9.17, 15) is 13.2 Å². The van der Waals surface area contributed by atoms with E-state index in [1.165, 1.54) is 6.20 Å². The largest absolute Gasteiger partial charge is 0.435 e. The Bertz CT molecular complexity index is 330. The van der Waals surface area contributed by atoms with Gasteiger partial charge in [0.25, 0.3) is 0 Å². The van der Waals surface area contributed by atoms with Crippen molar-refractivity contribution < 1.29 is 13.2 Å². The Morgan fingerprint density at radius 1 is 1.57 bits per heavy atom. The van der Waals surface area contributed by atoms with Crippen molar-refractivity contribution in [3.8, 4) is 0 Å². The highest BCUT2D eigenvalue weighted by Crippen LogP contribution is 2.27. The molecule has 0 aliphatic rings. The summed E-state index contributed by atoms with van der Waals surface area (Å²) in [6.07, 6.45) is -3.14. The quantitative estimate of drug-likeness (QED) is 0.570. The smallest absolute Gasteiger partial charge is 0.268 e. The molecular weight excluding hydrogens is 217 g/mol. The molecule has 0 aliphatic heterocycles. The van der Waals surface area contributed by atoms with E-state index >= 15 is 0 Å². The number of aromatic nitrogens is 2. The number of allylic oxidation sites excluding steroid dienone is 1. The molecule has 0 bridgehead atoms. The van der Waals surface area contributed by atoms with Crippen molar-refractivity contribution in [2.24, 2.45) is 0 Å². The van der Waals surface area contributed by atoms with E-state index in [1.54, 1.807) is 0 Å². The second-order valence-electron chi connectivity index (χ2n) is 2.78. The lowest BCUT2D eigenvalue weighted by atomic mass is 10.3. The zero-order chi connectivity index (χ0) is 10.8. The SMILES string of the molecule is C=C(CCl)Cn1ccc(C(F)(F)F)n1. The summed E-state index contributed by atoms with van der Waals surface area (Å²) in [4.78, 5) is 0. The fraction of sp³-hybridized carbons (Fsp3) is 0.375. The van der Waals surface area contributed by atoms with Crippen LogP contribution in [0.5, 0.6) is 0 Å². The Balaban J connectivity index is 2.74. The number of hydrogen-bond acceptors (Lipinski definition) is 1. The fourth-order valence-electron chi connectivity index (χ4n) is 0.872. The van der Waals surface area contributed by atoms with Crippen molar-refractivity contribution in [2.45, 2.75) is 12.7 Å². The summed E-state index contributed by atoms with van der Waals surface area (Å²) in [5, 5.41) is 3.34. The molecule has 1 heterocycles. The van der Waals surface area contributed by atoms with E-state index in [0.717, 1.165) is 10.7 Å². The average Bonchev–Trinajstić information content (AvgIpc) is 2.51. The molecule has 0 N–H and O–H groups in total.